The molecule has 0 saturated carbocycles. The molecule has 2 aromatic carbocycles. The van der Waals surface area contributed by atoms with E-state index in [4.69, 9.17) is 9.47 Å². The summed E-state index contributed by atoms with van der Waals surface area (Å²) < 4.78 is 10.8. The van der Waals surface area contributed by atoms with Gasteiger partial charge in [-0.25, -0.2) is 4.79 Å². The highest BCUT2D eigenvalue weighted by Gasteiger charge is 2.18. The van der Waals surface area contributed by atoms with Crippen LogP contribution in [0.3, 0.4) is 0 Å². The maximum atomic E-state index is 12.4. The second-order valence-electron chi connectivity index (χ2n) is 6.61. The molecule has 1 aliphatic rings. The Morgan fingerprint density at radius 2 is 1.79 bits per heavy atom. The number of benzene rings is 2. The van der Waals surface area contributed by atoms with Gasteiger partial charge in [0, 0.05) is 17.4 Å². The van der Waals surface area contributed by atoms with Crippen LogP contribution in [0.5, 0.6) is 5.75 Å². The molecule has 0 amide bonds. The number of ether oxygens (including phenoxy) is 2. The zero-order chi connectivity index (χ0) is 19.6. The summed E-state index contributed by atoms with van der Waals surface area (Å²) in [5.41, 5.74) is 1.18. The van der Waals surface area contributed by atoms with E-state index < -0.39 is 5.97 Å². The lowest BCUT2D eigenvalue weighted by Crippen LogP contribution is -2.13. The standard InChI is InChI=1S/C22H24O4S2/c23-21(13-7-4-10-18-14-15-27-28-18)26-20-12-6-5-11-19(20)22(24)25-16-17-8-2-1-3-9-17/h1-3,5-6,8-9,11-12,18H,4,7,10,13-16H2. The maximum absolute atomic E-state index is 12.4. The number of para-hydroxylation sites is 1. The molecule has 148 valence electrons. The summed E-state index contributed by atoms with van der Waals surface area (Å²) in [7, 11) is 3.90. The topological polar surface area (TPSA) is 52.6 Å². The summed E-state index contributed by atoms with van der Waals surface area (Å²) in [4.78, 5) is 24.6. The molecule has 6 heteroatoms. The SMILES string of the molecule is O=C(CCCCC1CCSS1)Oc1ccccc1C(=O)OCc1ccccc1. The van der Waals surface area contributed by atoms with Gasteiger partial charge in [0.05, 0.1) is 0 Å². The summed E-state index contributed by atoms with van der Waals surface area (Å²) in [5.74, 6) is 0.683. The number of hydrogen-bond donors (Lipinski definition) is 0. The third-order valence-electron chi connectivity index (χ3n) is 4.43. The molecule has 3 rings (SSSR count). The molecule has 0 aliphatic carbocycles. The van der Waals surface area contributed by atoms with Gasteiger partial charge in [-0.3, -0.25) is 4.79 Å². The first-order valence-corrected chi connectivity index (χ1v) is 11.9. The van der Waals surface area contributed by atoms with E-state index in [-0.39, 0.29) is 23.9 Å². The Labute approximate surface area is 173 Å². The van der Waals surface area contributed by atoms with Crippen LogP contribution in [0.1, 0.15) is 48.0 Å². The molecule has 2 aromatic rings. The Bertz CT molecular complexity index is 773. The number of carbonyl (C=O) groups is 2. The fourth-order valence-corrected chi connectivity index (χ4v) is 5.93. The number of esters is 2. The van der Waals surface area contributed by atoms with E-state index in [0.717, 1.165) is 30.1 Å². The zero-order valence-corrected chi connectivity index (χ0v) is 17.3. The summed E-state index contributed by atoms with van der Waals surface area (Å²) in [6.07, 6.45) is 4.60. The van der Waals surface area contributed by atoms with E-state index in [1.165, 1.54) is 12.2 Å². The van der Waals surface area contributed by atoms with Crippen molar-refractivity contribution in [3.8, 4) is 5.75 Å². The van der Waals surface area contributed by atoms with Crippen LogP contribution >= 0.6 is 21.6 Å². The van der Waals surface area contributed by atoms with Crippen molar-refractivity contribution in [3.63, 3.8) is 0 Å². The maximum Gasteiger partial charge on any atom is 0.342 e. The van der Waals surface area contributed by atoms with Gasteiger partial charge < -0.3 is 9.47 Å². The zero-order valence-electron chi connectivity index (χ0n) is 15.7. The average molecular weight is 417 g/mol. The summed E-state index contributed by atoms with van der Waals surface area (Å²) >= 11 is 0. The summed E-state index contributed by atoms with van der Waals surface area (Å²) in [6.45, 7) is 0.180. The number of hydrogen-bond acceptors (Lipinski definition) is 6. The van der Waals surface area contributed by atoms with Crippen LogP contribution in [-0.4, -0.2) is 22.9 Å². The number of rotatable bonds is 9. The van der Waals surface area contributed by atoms with Crippen LogP contribution in [0.2, 0.25) is 0 Å². The van der Waals surface area contributed by atoms with Crippen molar-refractivity contribution in [1.29, 1.82) is 0 Å². The van der Waals surface area contributed by atoms with Crippen molar-refractivity contribution in [2.24, 2.45) is 0 Å². The van der Waals surface area contributed by atoms with E-state index in [1.54, 1.807) is 24.3 Å². The van der Waals surface area contributed by atoms with Crippen LogP contribution in [0.25, 0.3) is 0 Å². The van der Waals surface area contributed by atoms with Gasteiger partial charge in [0.1, 0.15) is 17.9 Å². The van der Waals surface area contributed by atoms with E-state index in [1.807, 2.05) is 51.9 Å². The van der Waals surface area contributed by atoms with Crippen LogP contribution in [0.4, 0.5) is 0 Å². The smallest absolute Gasteiger partial charge is 0.342 e. The first kappa shape index (κ1) is 20.8. The van der Waals surface area contributed by atoms with Crippen molar-refractivity contribution in [2.75, 3.05) is 5.75 Å². The number of unbranched alkanes of at least 4 members (excludes halogenated alkanes) is 1. The minimum absolute atomic E-state index is 0.180. The van der Waals surface area contributed by atoms with Crippen molar-refractivity contribution >= 4 is 33.5 Å². The van der Waals surface area contributed by atoms with Gasteiger partial charge in [-0.2, -0.15) is 0 Å². The predicted molar refractivity (Wildman–Crippen MR) is 115 cm³/mol. The highest BCUT2D eigenvalue weighted by Crippen LogP contribution is 2.39. The molecule has 0 aromatic heterocycles. The Kier molecular flexibility index (Phi) is 8.30. The molecule has 28 heavy (non-hydrogen) atoms. The lowest BCUT2D eigenvalue weighted by Gasteiger charge is -2.10. The van der Waals surface area contributed by atoms with E-state index >= 15 is 0 Å². The van der Waals surface area contributed by atoms with Gasteiger partial charge in [0.15, 0.2) is 0 Å². The third-order valence-corrected chi connectivity index (χ3v) is 7.43. The molecule has 0 radical (unpaired) electrons. The highest BCUT2D eigenvalue weighted by atomic mass is 33.1. The lowest BCUT2D eigenvalue weighted by molar-refractivity contribution is -0.134. The molecular weight excluding hydrogens is 392 g/mol. The molecule has 0 N–H and O–H groups in total. The number of carbonyl (C=O) groups excluding carboxylic acids is 2. The first-order valence-electron chi connectivity index (χ1n) is 9.51. The molecule has 1 heterocycles. The Hall–Kier alpha value is -1.92. The second kappa shape index (κ2) is 11.2. The molecule has 1 atom stereocenters. The molecule has 1 aliphatic heterocycles. The molecular formula is C22H24O4S2. The van der Waals surface area contributed by atoms with Crippen molar-refractivity contribution in [3.05, 3.63) is 65.7 Å². The molecule has 0 spiro atoms. The summed E-state index contributed by atoms with van der Waals surface area (Å²) in [5, 5.41) is 0.723. The normalized spacial score (nSPS) is 15.9. The van der Waals surface area contributed by atoms with E-state index in [0.29, 0.717) is 6.42 Å². The largest absolute Gasteiger partial charge is 0.457 e. The highest BCUT2D eigenvalue weighted by molar-refractivity contribution is 8.77. The van der Waals surface area contributed by atoms with Crippen LogP contribution < -0.4 is 4.74 Å². The van der Waals surface area contributed by atoms with Gasteiger partial charge >= 0.3 is 11.9 Å². The fourth-order valence-electron chi connectivity index (χ4n) is 2.90. The minimum Gasteiger partial charge on any atom is -0.457 e. The van der Waals surface area contributed by atoms with Gasteiger partial charge in [-0.15, -0.1) is 0 Å². The lowest BCUT2D eigenvalue weighted by atomic mass is 10.1. The van der Waals surface area contributed by atoms with Crippen molar-refractivity contribution < 1.29 is 19.1 Å². The predicted octanol–water partition coefficient (Wildman–Crippen LogP) is 5.66. The van der Waals surface area contributed by atoms with E-state index in [2.05, 4.69) is 0 Å². The molecule has 0 bridgehead atoms. The van der Waals surface area contributed by atoms with E-state index in [9.17, 15) is 9.59 Å². The van der Waals surface area contributed by atoms with Crippen LogP contribution in [-0.2, 0) is 16.1 Å². The van der Waals surface area contributed by atoms with Crippen LogP contribution in [0, 0.1) is 0 Å². The molecule has 1 saturated heterocycles. The van der Waals surface area contributed by atoms with Crippen molar-refractivity contribution in [2.45, 2.75) is 44.0 Å². The molecule has 1 fully saturated rings. The Morgan fingerprint density at radius 3 is 2.57 bits per heavy atom. The molecule has 1 unspecified atom stereocenters. The van der Waals surface area contributed by atoms with Crippen LogP contribution in [0.15, 0.2) is 54.6 Å². The third kappa shape index (κ3) is 6.60. The first-order chi connectivity index (χ1) is 13.7. The minimum atomic E-state index is -0.497. The Balaban J connectivity index is 1.47. The quantitative estimate of drug-likeness (QED) is 0.227. The molecule has 4 nitrogen and oxygen atoms in total. The summed E-state index contributed by atoms with van der Waals surface area (Å²) in [6, 6.07) is 16.2. The van der Waals surface area contributed by atoms with Gasteiger partial charge in [0.2, 0.25) is 0 Å². The van der Waals surface area contributed by atoms with Crippen molar-refractivity contribution in [1.82, 2.24) is 0 Å². The average Bonchev–Trinajstić information content (AvgIpc) is 3.24. The Morgan fingerprint density at radius 1 is 1.00 bits per heavy atom. The fraction of sp³-hybridized carbons (Fsp3) is 0.364. The van der Waals surface area contributed by atoms with Gasteiger partial charge in [-0.05, 0) is 37.0 Å². The van der Waals surface area contributed by atoms with Gasteiger partial charge in [-0.1, -0.05) is 70.5 Å². The van der Waals surface area contributed by atoms with Gasteiger partial charge in [0.25, 0.3) is 0 Å². The monoisotopic (exact) mass is 416 g/mol. The second-order valence-corrected chi connectivity index (χ2v) is 9.39.